The second-order valence-corrected chi connectivity index (χ2v) is 8.85. The molecule has 2 N–H and O–H groups in total. The van der Waals surface area contributed by atoms with E-state index in [9.17, 15) is 9.59 Å². The third kappa shape index (κ3) is 6.97. The summed E-state index contributed by atoms with van der Waals surface area (Å²) in [6.45, 7) is 3.70. The molecule has 1 aliphatic heterocycles. The van der Waals surface area contributed by atoms with Crippen LogP contribution in [0.3, 0.4) is 0 Å². The quantitative estimate of drug-likeness (QED) is 0.417. The third-order valence-corrected chi connectivity index (χ3v) is 5.85. The van der Waals surface area contributed by atoms with Crippen LogP contribution in [0.15, 0.2) is 46.9 Å². The van der Waals surface area contributed by atoms with Crippen molar-refractivity contribution in [3.8, 4) is 5.75 Å². The van der Waals surface area contributed by atoms with E-state index in [0.717, 1.165) is 17.6 Å². The minimum Gasteiger partial charge on any atom is -0.490 e. The molecule has 33 heavy (non-hydrogen) atoms. The molecule has 0 atom stereocenters. The van der Waals surface area contributed by atoms with E-state index in [-0.39, 0.29) is 11.0 Å². The second-order valence-electron chi connectivity index (χ2n) is 7.53. The molecule has 2 amide bonds. The number of carbonyl (C=O) groups excluding carboxylic acids is 2. The van der Waals surface area contributed by atoms with Crippen molar-refractivity contribution in [2.24, 2.45) is 0 Å². The van der Waals surface area contributed by atoms with Gasteiger partial charge in [-0.1, -0.05) is 28.1 Å². The highest BCUT2D eigenvalue weighted by atomic mass is 79.9. The highest BCUT2D eigenvalue weighted by Crippen LogP contribution is 2.24. The number of rotatable bonds is 7. The van der Waals surface area contributed by atoms with Crippen molar-refractivity contribution in [2.45, 2.75) is 0 Å². The molecule has 3 rings (SSSR count). The molecular formula is C23H27BrN4O4S. The number of benzene rings is 2. The Morgan fingerprint density at radius 1 is 1.06 bits per heavy atom. The summed E-state index contributed by atoms with van der Waals surface area (Å²) in [6.07, 6.45) is 0. The number of methoxy groups -OCH3 is 1. The summed E-state index contributed by atoms with van der Waals surface area (Å²) < 4.78 is 11.4. The molecule has 0 aliphatic carbocycles. The van der Waals surface area contributed by atoms with Crippen LogP contribution in [0.5, 0.6) is 5.75 Å². The molecular weight excluding hydrogens is 508 g/mol. The molecule has 1 saturated heterocycles. The molecule has 1 aliphatic rings. The van der Waals surface area contributed by atoms with E-state index in [0.29, 0.717) is 48.9 Å². The normalized spacial score (nSPS) is 14.0. The van der Waals surface area contributed by atoms with Crippen molar-refractivity contribution in [1.29, 1.82) is 0 Å². The molecule has 10 heteroatoms. The van der Waals surface area contributed by atoms with Crippen LogP contribution in [-0.4, -0.2) is 80.3 Å². The van der Waals surface area contributed by atoms with Crippen molar-refractivity contribution in [3.05, 3.63) is 58.1 Å². The fraction of sp³-hybridized carbons (Fsp3) is 0.348. The van der Waals surface area contributed by atoms with Crippen LogP contribution in [0.2, 0.25) is 0 Å². The minimum absolute atomic E-state index is 0.0684. The fourth-order valence-electron chi connectivity index (χ4n) is 3.32. The van der Waals surface area contributed by atoms with E-state index in [1.165, 1.54) is 0 Å². The molecule has 0 spiro atoms. The second kappa shape index (κ2) is 12.1. The lowest BCUT2D eigenvalue weighted by Gasteiger charge is -2.32. The zero-order chi connectivity index (χ0) is 23.8. The lowest BCUT2D eigenvalue weighted by molar-refractivity contribution is 0.0665. The van der Waals surface area contributed by atoms with Gasteiger partial charge < -0.3 is 24.6 Å². The molecule has 8 nitrogen and oxygen atoms in total. The predicted octanol–water partition coefficient (Wildman–Crippen LogP) is 2.99. The van der Waals surface area contributed by atoms with Crippen LogP contribution < -0.4 is 15.4 Å². The Bertz CT molecular complexity index is 1010. The largest absolute Gasteiger partial charge is 0.490 e. The Kier molecular flexibility index (Phi) is 9.19. The molecule has 2 aromatic rings. The van der Waals surface area contributed by atoms with Gasteiger partial charge in [0.1, 0.15) is 12.4 Å². The first-order chi connectivity index (χ1) is 15.9. The maximum Gasteiger partial charge on any atom is 0.261 e. The molecule has 0 unspecified atom stereocenters. The molecule has 2 aromatic carbocycles. The van der Waals surface area contributed by atoms with Gasteiger partial charge in [0.15, 0.2) is 5.11 Å². The van der Waals surface area contributed by atoms with Crippen LogP contribution in [0.25, 0.3) is 0 Å². The summed E-state index contributed by atoms with van der Waals surface area (Å²) in [5, 5.41) is 5.75. The number of thiocarbonyl (C=S) groups is 1. The molecule has 0 saturated carbocycles. The predicted molar refractivity (Wildman–Crippen MR) is 135 cm³/mol. The van der Waals surface area contributed by atoms with Crippen molar-refractivity contribution >= 4 is 50.8 Å². The van der Waals surface area contributed by atoms with Crippen molar-refractivity contribution < 1.29 is 19.1 Å². The van der Waals surface area contributed by atoms with E-state index in [1.807, 2.05) is 18.0 Å². The van der Waals surface area contributed by atoms with Gasteiger partial charge in [0.05, 0.1) is 23.4 Å². The number of ether oxygens (including phenoxy) is 2. The number of nitrogens with one attached hydrogen (secondary N) is 2. The number of piperazine rings is 1. The number of anilines is 1. The van der Waals surface area contributed by atoms with E-state index < -0.39 is 5.91 Å². The number of para-hydroxylation sites is 1. The maximum atomic E-state index is 13.1. The molecule has 1 fully saturated rings. The Labute approximate surface area is 207 Å². The minimum atomic E-state index is -0.427. The van der Waals surface area contributed by atoms with Gasteiger partial charge in [0, 0.05) is 37.8 Å². The number of likely N-dealkylation sites (N-methyl/N-ethyl adjacent to an activating group) is 1. The summed E-state index contributed by atoms with van der Waals surface area (Å²) in [6, 6.07) is 12.3. The lowest BCUT2D eigenvalue weighted by Crippen LogP contribution is -2.47. The van der Waals surface area contributed by atoms with Crippen LogP contribution in [0.4, 0.5) is 5.69 Å². The zero-order valence-corrected chi connectivity index (χ0v) is 21.0. The number of amides is 2. The zero-order valence-electron chi connectivity index (χ0n) is 18.6. The van der Waals surface area contributed by atoms with Crippen LogP contribution >= 0.6 is 28.1 Å². The highest BCUT2D eigenvalue weighted by Gasteiger charge is 2.23. The van der Waals surface area contributed by atoms with Gasteiger partial charge in [-0.15, -0.1) is 0 Å². The fourth-order valence-corrected chi connectivity index (χ4v) is 3.89. The molecule has 0 radical (unpaired) electrons. The topological polar surface area (TPSA) is 83.1 Å². The Morgan fingerprint density at radius 3 is 2.52 bits per heavy atom. The average Bonchev–Trinajstić information content (AvgIpc) is 2.80. The van der Waals surface area contributed by atoms with E-state index in [4.69, 9.17) is 21.7 Å². The number of halogens is 1. The molecule has 0 bridgehead atoms. The van der Waals surface area contributed by atoms with Crippen LogP contribution in [0, 0.1) is 0 Å². The van der Waals surface area contributed by atoms with Gasteiger partial charge >= 0.3 is 0 Å². The molecule has 176 valence electrons. The standard InChI is InChI=1S/C23H27BrN4O4S/c1-27-9-11-28(12-10-27)22(30)17-5-3-4-6-19(17)25-23(33)26-21(29)18-15-16(24)7-8-20(18)32-14-13-31-2/h3-8,15H,9-14H2,1-2H3,(H2,25,26,29,33). The van der Waals surface area contributed by atoms with E-state index in [1.54, 1.807) is 43.5 Å². The summed E-state index contributed by atoms with van der Waals surface area (Å²) in [5.74, 6) is -0.0774. The average molecular weight is 535 g/mol. The Morgan fingerprint density at radius 2 is 1.79 bits per heavy atom. The van der Waals surface area contributed by atoms with Crippen LogP contribution in [0.1, 0.15) is 20.7 Å². The van der Waals surface area contributed by atoms with Crippen molar-refractivity contribution in [1.82, 2.24) is 15.1 Å². The smallest absolute Gasteiger partial charge is 0.261 e. The number of hydrogen-bond donors (Lipinski definition) is 2. The monoisotopic (exact) mass is 534 g/mol. The Hall–Kier alpha value is -2.53. The molecule has 0 aromatic heterocycles. The number of nitrogens with zero attached hydrogens (tertiary/aromatic N) is 2. The Balaban J connectivity index is 1.69. The van der Waals surface area contributed by atoms with Crippen LogP contribution in [-0.2, 0) is 4.74 Å². The van der Waals surface area contributed by atoms with Gasteiger partial charge in [-0.25, -0.2) is 0 Å². The van der Waals surface area contributed by atoms with Gasteiger partial charge in [0.25, 0.3) is 11.8 Å². The summed E-state index contributed by atoms with van der Waals surface area (Å²) >= 11 is 8.75. The lowest BCUT2D eigenvalue weighted by atomic mass is 10.1. The van der Waals surface area contributed by atoms with Crippen molar-refractivity contribution in [3.63, 3.8) is 0 Å². The van der Waals surface area contributed by atoms with Gasteiger partial charge in [-0.2, -0.15) is 0 Å². The summed E-state index contributed by atoms with van der Waals surface area (Å²) in [7, 11) is 3.62. The summed E-state index contributed by atoms with van der Waals surface area (Å²) in [5.41, 5.74) is 1.37. The first-order valence-electron chi connectivity index (χ1n) is 10.5. The maximum absolute atomic E-state index is 13.1. The number of carbonyl (C=O) groups is 2. The van der Waals surface area contributed by atoms with Gasteiger partial charge in [0.2, 0.25) is 0 Å². The van der Waals surface area contributed by atoms with E-state index in [2.05, 4.69) is 31.5 Å². The van der Waals surface area contributed by atoms with Gasteiger partial charge in [-0.05, 0) is 49.6 Å². The number of hydrogen-bond acceptors (Lipinski definition) is 6. The van der Waals surface area contributed by atoms with Crippen molar-refractivity contribution in [2.75, 3.05) is 58.9 Å². The third-order valence-electron chi connectivity index (χ3n) is 5.15. The molecule has 1 heterocycles. The first-order valence-corrected chi connectivity index (χ1v) is 11.7. The van der Waals surface area contributed by atoms with Gasteiger partial charge in [-0.3, -0.25) is 14.9 Å². The first kappa shape index (κ1) is 25.1. The highest BCUT2D eigenvalue weighted by molar-refractivity contribution is 9.10. The van der Waals surface area contributed by atoms with E-state index >= 15 is 0 Å². The summed E-state index contributed by atoms with van der Waals surface area (Å²) in [4.78, 5) is 30.0. The SMILES string of the molecule is COCCOc1ccc(Br)cc1C(=O)NC(=S)Nc1ccccc1C(=O)N1CCN(C)CC1.